The van der Waals surface area contributed by atoms with E-state index in [0.29, 0.717) is 5.02 Å². The summed E-state index contributed by atoms with van der Waals surface area (Å²) in [5.74, 6) is 0. The van der Waals surface area contributed by atoms with Crippen molar-refractivity contribution in [1.29, 1.82) is 0 Å². The van der Waals surface area contributed by atoms with Crippen LogP contribution in [0.1, 0.15) is 5.69 Å². The molecule has 88 valence electrons. The summed E-state index contributed by atoms with van der Waals surface area (Å²) in [5.41, 5.74) is 2.89. The number of pyridine rings is 2. The fourth-order valence-electron chi connectivity index (χ4n) is 2.00. The number of benzene rings is 1. The SMILES string of the molecule is Cc1ncc(-c2cncc3ccccc23)cc1Cl. The van der Waals surface area contributed by atoms with E-state index in [1.807, 2.05) is 43.7 Å². The molecule has 2 heterocycles. The van der Waals surface area contributed by atoms with Gasteiger partial charge in [-0.05, 0) is 18.4 Å². The van der Waals surface area contributed by atoms with Crippen LogP contribution in [0.2, 0.25) is 5.02 Å². The van der Waals surface area contributed by atoms with Crippen molar-refractivity contribution in [2.45, 2.75) is 6.92 Å². The first-order valence-corrected chi connectivity index (χ1v) is 6.09. The van der Waals surface area contributed by atoms with Crippen molar-refractivity contribution in [1.82, 2.24) is 9.97 Å². The fourth-order valence-corrected chi connectivity index (χ4v) is 2.17. The van der Waals surface area contributed by atoms with Gasteiger partial charge in [0.05, 0.1) is 10.7 Å². The lowest BCUT2D eigenvalue weighted by atomic mass is 10.0. The minimum absolute atomic E-state index is 0.681. The average Bonchev–Trinajstić information content (AvgIpc) is 2.41. The molecule has 0 aliphatic rings. The van der Waals surface area contributed by atoms with Crippen LogP contribution in [0, 0.1) is 6.92 Å². The Hall–Kier alpha value is -1.93. The number of aryl methyl sites for hydroxylation is 1. The maximum atomic E-state index is 6.13. The van der Waals surface area contributed by atoms with Gasteiger partial charge in [-0.2, -0.15) is 0 Å². The standard InChI is InChI=1S/C15H11ClN2/c1-10-15(16)6-12(8-18-10)14-9-17-7-11-4-2-3-5-13(11)14/h2-9H,1H3. The molecule has 0 amide bonds. The number of hydrogen-bond donors (Lipinski definition) is 0. The molecule has 18 heavy (non-hydrogen) atoms. The van der Waals surface area contributed by atoms with Crippen LogP contribution < -0.4 is 0 Å². The van der Waals surface area contributed by atoms with E-state index in [2.05, 4.69) is 22.1 Å². The Morgan fingerprint density at radius 2 is 1.89 bits per heavy atom. The number of nitrogens with zero attached hydrogens (tertiary/aromatic N) is 2. The van der Waals surface area contributed by atoms with Crippen LogP contribution in [-0.2, 0) is 0 Å². The van der Waals surface area contributed by atoms with E-state index in [1.54, 1.807) is 0 Å². The number of hydrogen-bond acceptors (Lipinski definition) is 2. The lowest BCUT2D eigenvalue weighted by molar-refractivity contribution is 1.20. The number of halogens is 1. The highest BCUT2D eigenvalue weighted by Gasteiger charge is 2.06. The molecular formula is C15H11ClN2. The topological polar surface area (TPSA) is 25.8 Å². The molecule has 0 radical (unpaired) electrons. The summed E-state index contributed by atoms with van der Waals surface area (Å²) >= 11 is 6.13. The highest BCUT2D eigenvalue weighted by Crippen LogP contribution is 2.29. The van der Waals surface area contributed by atoms with Crippen LogP contribution in [0.4, 0.5) is 0 Å². The third-order valence-electron chi connectivity index (χ3n) is 3.00. The second-order valence-electron chi connectivity index (χ2n) is 4.20. The van der Waals surface area contributed by atoms with Crippen LogP contribution in [0.25, 0.3) is 21.9 Å². The number of aromatic nitrogens is 2. The molecule has 3 aromatic rings. The van der Waals surface area contributed by atoms with Gasteiger partial charge in [0.2, 0.25) is 0 Å². The smallest absolute Gasteiger partial charge is 0.0624 e. The molecule has 2 nitrogen and oxygen atoms in total. The minimum Gasteiger partial charge on any atom is -0.263 e. The molecule has 0 unspecified atom stereocenters. The monoisotopic (exact) mass is 254 g/mol. The van der Waals surface area contributed by atoms with Crippen LogP contribution in [-0.4, -0.2) is 9.97 Å². The third-order valence-corrected chi connectivity index (χ3v) is 3.39. The lowest BCUT2D eigenvalue weighted by Gasteiger charge is -2.07. The molecule has 0 atom stereocenters. The highest BCUT2D eigenvalue weighted by atomic mass is 35.5. The Balaban J connectivity index is 2.28. The van der Waals surface area contributed by atoms with E-state index >= 15 is 0 Å². The van der Waals surface area contributed by atoms with Gasteiger partial charge in [0.25, 0.3) is 0 Å². The molecular weight excluding hydrogens is 244 g/mol. The summed E-state index contributed by atoms with van der Waals surface area (Å²) in [4.78, 5) is 8.57. The largest absolute Gasteiger partial charge is 0.263 e. The molecule has 0 spiro atoms. The van der Waals surface area contributed by atoms with Crippen LogP contribution in [0.5, 0.6) is 0 Å². The first-order valence-electron chi connectivity index (χ1n) is 5.71. The van der Waals surface area contributed by atoms with Gasteiger partial charge in [-0.15, -0.1) is 0 Å². The molecule has 0 saturated carbocycles. The lowest BCUT2D eigenvalue weighted by Crippen LogP contribution is -1.87. The summed E-state index contributed by atoms with van der Waals surface area (Å²) < 4.78 is 0. The van der Waals surface area contributed by atoms with Gasteiger partial charge in [-0.1, -0.05) is 35.9 Å². The van der Waals surface area contributed by atoms with Crippen molar-refractivity contribution in [2.24, 2.45) is 0 Å². The minimum atomic E-state index is 0.681. The molecule has 0 fully saturated rings. The fraction of sp³-hybridized carbons (Fsp3) is 0.0667. The van der Waals surface area contributed by atoms with Crippen molar-refractivity contribution in [3.05, 3.63) is 59.6 Å². The van der Waals surface area contributed by atoms with E-state index in [1.165, 1.54) is 0 Å². The van der Waals surface area contributed by atoms with Crippen LogP contribution in [0.3, 0.4) is 0 Å². The highest BCUT2D eigenvalue weighted by molar-refractivity contribution is 6.31. The molecule has 0 aliphatic carbocycles. The summed E-state index contributed by atoms with van der Waals surface area (Å²) in [5, 5.41) is 2.96. The molecule has 1 aromatic carbocycles. The number of fused-ring (bicyclic) bond motifs is 1. The average molecular weight is 255 g/mol. The van der Waals surface area contributed by atoms with E-state index < -0.39 is 0 Å². The molecule has 3 heteroatoms. The predicted octanol–water partition coefficient (Wildman–Crippen LogP) is 4.26. The molecule has 0 saturated heterocycles. The summed E-state index contributed by atoms with van der Waals surface area (Å²) in [6, 6.07) is 10.1. The Labute approximate surface area is 110 Å². The van der Waals surface area contributed by atoms with E-state index in [-0.39, 0.29) is 0 Å². The molecule has 2 aromatic heterocycles. The maximum absolute atomic E-state index is 6.13. The van der Waals surface area contributed by atoms with Gasteiger partial charge < -0.3 is 0 Å². The normalized spacial score (nSPS) is 10.8. The van der Waals surface area contributed by atoms with Gasteiger partial charge >= 0.3 is 0 Å². The Bertz CT molecular complexity index is 717. The van der Waals surface area contributed by atoms with Gasteiger partial charge in [-0.3, -0.25) is 9.97 Å². The maximum Gasteiger partial charge on any atom is 0.0624 e. The van der Waals surface area contributed by atoms with Gasteiger partial charge in [0, 0.05) is 35.1 Å². The first-order chi connectivity index (χ1) is 8.75. The quantitative estimate of drug-likeness (QED) is 0.648. The summed E-state index contributed by atoms with van der Waals surface area (Å²) in [6.07, 6.45) is 5.55. The Morgan fingerprint density at radius 3 is 2.72 bits per heavy atom. The van der Waals surface area contributed by atoms with Crippen molar-refractivity contribution >= 4 is 22.4 Å². The molecule has 3 rings (SSSR count). The first kappa shape index (κ1) is 11.2. The zero-order valence-corrected chi connectivity index (χ0v) is 10.6. The molecule has 0 N–H and O–H groups in total. The summed E-state index contributed by atoms with van der Waals surface area (Å²) in [7, 11) is 0. The van der Waals surface area contributed by atoms with Crippen LogP contribution >= 0.6 is 11.6 Å². The number of rotatable bonds is 1. The zero-order valence-electron chi connectivity index (χ0n) is 9.89. The van der Waals surface area contributed by atoms with E-state index in [9.17, 15) is 0 Å². The van der Waals surface area contributed by atoms with Crippen molar-refractivity contribution < 1.29 is 0 Å². The van der Waals surface area contributed by atoms with Crippen molar-refractivity contribution in [3.63, 3.8) is 0 Å². The van der Waals surface area contributed by atoms with Crippen LogP contribution in [0.15, 0.2) is 48.9 Å². The second-order valence-corrected chi connectivity index (χ2v) is 4.61. The van der Waals surface area contributed by atoms with Crippen molar-refractivity contribution in [2.75, 3.05) is 0 Å². The molecule has 0 bridgehead atoms. The Kier molecular flexibility index (Phi) is 2.73. The third kappa shape index (κ3) is 1.85. The van der Waals surface area contributed by atoms with Gasteiger partial charge in [0.15, 0.2) is 0 Å². The molecule has 0 aliphatic heterocycles. The van der Waals surface area contributed by atoms with E-state index in [0.717, 1.165) is 27.6 Å². The Morgan fingerprint density at radius 1 is 1.06 bits per heavy atom. The van der Waals surface area contributed by atoms with E-state index in [4.69, 9.17) is 11.6 Å². The van der Waals surface area contributed by atoms with Gasteiger partial charge in [0.1, 0.15) is 0 Å². The second kappa shape index (κ2) is 4.39. The predicted molar refractivity (Wildman–Crippen MR) is 74.7 cm³/mol. The summed E-state index contributed by atoms with van der Waals surface area (Å²) in [6.45, 7) is 1.90. The zero-order chi connectivity index (χ0) is 12.5. The van der Waals surface area contributed by atoms with Gasteiger partial charge in [-0.25, -0.2) is 0 Å². The van der Waals surface area contributed by atoms with Crippen molar-refractivity contribution in [3.8, 4) is 11.1 Å².